The number of carbonyl (C=O) groups excluding carboxylic acids is 2. The van der Waals surface area contributed by atoms with Gasteiger partial charge in [0.1, 0.15) is 11.5 Å². The fourth-order valence-corrected chi connectivity index (χ4v) is 4.18. The molecule has 1 aliphatic heterocycles. The van der Waals surface area contributed by atoms with Crippen molar-refractivity contribution in [3.05, 3.63) is 29.8 Å². The van der Waals surface area contributed by atoms with E-state index in [1.165, 1.54) is 0 Å². The number of rotatable bonds is 6. The summed E-state index contributed by atoms with van der Waals surface area (Å²) in [4.78, 5) is 27.1. The van der Waals surface area contributed by atoms with Gasteiger partial charge in [-0.2, -0.15) is 0 Å². The van der Waals surface area contributed by atoms with Crippen LogP contribution in [0.4, 0.5) is 0 Å². The van der Waals surface area contributed by atoms with E-state index in [4.69, 9.17) is 4.74 Å². The second-order valence-electron chi connectivity index (χ2n) is 8.14. The van der Waals surface area contributed by atoms with Crippen molar-refractivity contribution in [2.45, 2.75) is 64.8 Å². The first-order valence-electron chi connectivity index (χ1n) is 10.1. The zero-order valence-electron chi connectivity index (χ0n) is 16.1. The Balaban J connectivity index is 1.59. The van der Waals surface area contributed by atoms with Gasteiger partial charge in [-0.15, -0.1) is 0 Å². The van der Waals surface area contributed by atoms with Crippen LogP contribution in [0, 0.1) is 11.8 Å². The molecule has 1 aromatic rings. The second-order valence-corrected chi connectivity index (χ2v) is 8.14. The van der Waals surface area contributed by atoms with Crippen molar-refractivity contribution in [2.75, 3.05) is 13.2 Å². The highest BCUT2D eigenvalue weighted by Crippen LogP contribution is 2.32. The van der Waals surface area contributed by atoms with Gasteiger partial charge >= 0.3 is 0 Å². The van der Waals surface area contributed by atoms with E-state index in [9.17, 15) is 9.59 Å². The van der Waals surface area contributed by atoms with Crippen molar-refractivity contribution in [3.63, 3.8) is 0 Å². The zero-order chi connectivity index (χ0) is 18.5. The summed E-state index contributed by atoms with van der Waals surface area (Å²) in [7, 11) is 0. The van der Waals surface area contributed by atoms with Crippen LogP contribution in [-0.2, 0) is 16.0 Å². The molecule has 0 N–H and O–H groups in total. The summed E-state index contributed by atoms with van der Waals surface area (Å²) < 4.78 is 5.70. The standard InChI is InChI=1S/C22H31NO3/c1-16(2)15-26-18-11-9-17(10-12-18)14-22(25)23-13-5-7-20(23)19-6-3-4-8-21(19)24/h9-12,16,19-20H,3-8,13-15H2,1-2H3/t19-,20-/m1/s1. The van der Waals surface area contributed by atoms with Gasteiger partial charge < -0.3 is 9.64 Å². The van der Waals surface area contributed by atoms with Gasteiger partial charge in [0.25, 0.3) is 0 Å². The molecule has 2 atom stereocenters. The van der Waals surface area contributed by atoms with Gasteiger partial charge in [0.05, 0.1) is 13.0 Å². The summed E-state index contributed by atoms with van der Waals surface area (Å²) >= 11 is 0. The normalized spacial score (nSPS) is 23.5. The van der Waals surface area contributed by atoms with Crippen LogP contribution in [0.5, 0.6) is 5.75 Å². The number of nitrogens with zero attached hydrogens (tertiary/aromatic N) is 1. The molecule has 2 aliphatic rings. The van der Waals surface area contributed by atoms with Crippen LogP contribution in [0.2, 0.25) is 0 Å². The van der Waals surface area contributed by atoms with Gasteiger partial charge in [-0.3, -0.25) is 9.59 Å². The quantitative estimate of drug-likeness (QED) is 0.773. The molecular formula is C22H31NO3. The summed E-state index contributed by atoms with van der Waals surface area (Å²) in [5.41, 5.74) is 1.01. The van der Waals surface area contributed by atoms with Crippen LogP contribution in [0.25, 0.3) is 0 Å². The summed E-state index contributed by atoms with van der Waals surface area (Å²) in [6, 6.07) is 7.97. The molecule has 1 saturated carbocycles. The maximum Gasteiger partial charge on any atom is 0.227 e. The van der Waals surface area contributed by atoms with Crippen LogP contribution in [0.1, 0.15) is 57.9 Å². The molecule has 4 nitrogen and oxygen atoms in total. The van der Waals surface area contributed by atoms with E-state index in [-0.39, 0.29) is 17.9 Å². The molecule has 2 fully saturated rings. The Hall–Kier alpha value is -1.84. The van der Waals surface area contributed by atoms with Gasteiger partial charge in [-0.05, 0) is 49.3 Å². The fraction of sp³-hybridized carbons (Fsp3) is 0.636. The molecule has 26 heavy (non-hydrogen) atoms. The predicted molar refractivity (Wildman–Crippen MR) is 102 cm³/mol. The van der Waals surface area contributed by atoms with Crippen molar-refractivity contribution in [2.24, 2.45) is 11.8 Å². The number of carbonyl (C=O) groups is 2. The van der Waals surface area contributed by atoms with E-state index in [0.717, 1.165) is 50.0 Å². The Morgan fingerprint density at radius 1 is 1.15 bits per heavy atom. The van der Waals surface area contributed by atoms with E-state index in [1.54, 1.807) is 0 Å². The van der Waals surface area contributed by atoms with Crippen LogP contribution in [0.3, 0.4) is 0 Å². The summed E-state index contributed by atoms with van der Waals surface area (Å²) in [5.74, 6) is 1.93. The molecule has 1 amide bonds. The highest BCUT2D eigenvalue weighted by molar-refractivity contribution is 5.84. The highest BCUT2D eigenvalue weighted by atomic mass is 16.5. The van der Waals surface area contributed by atoms with Crippen molar-refractivity contribution in [3.8, 4) is 5.75 Å². The summed E-state index contributed by atoms with van der Waals surface area (Å²) in [6.45, 7) is 5.74. The summed E-state index contributed by atoms with van der Waals surface area (Å²) in [6.07, 6.45) is 6.18. The molecule has 1 heterocycles. The lowest BCUT2D eigenvalue weighted by Gasteiger charge is -2.33. The van der Waals surface area contributed by atoms with Crippen molar-refractivity contribution >= 4 is 11.7 Å². The van der Waals surface area contributed by atoms with Gasteiger partial charge in [-0.25, -0.2) is 0 Å². The monoisotopic (exact) mass is 357 g/mol. The third-order valence-electron chi connectivity index (χ3n) is 5.55. The van der Waals surface area contributed by atoms with E-state index >= 15 is 0 Å². The SMILES string of the molecule is CC(C)COc1ccc(CC(=O)N2CCC[C@@H]2[C@H]2CCCCC2=O)cc1. The number of likely N-dealkylation sites (tertiary alicyclic amines) is 1. The van der Waals surface area contributed by atoms with Crippen LogP contribution in [0.15, 0.2) is 24.3 Å². The number of amides is 1. The van der Waals surface area contributed by atoms with Gasteiger partial charge in [0.2, 0.25) is 5.91 Å². The Labute approximate surface area is 156 Å². The van der Waals surface area contributed by atoms with Crippen molar-refractivity contribution in [1.29, 1.82) is 0 Å². The Morgan fingerprint density at radius 2 is 1.92 bits per heavy atom. The lowest BCUT2D eigenvalue weighted by atomic mass is 9.81. The Bertz CT molecular complexity index is 623. The van der Waals surface area contributed by atoms with E-state index < -0.39 is 0 Å². The molecule has 1 saturated heterocycles. The number of Topliss-reactive ketones (excluding diaryl/α,β-unsaturated/α-hetero) is 1. The van der Waals surface area contributed by atoms with Crippen LogP contribution in [-0.4, -0.2) is 35.8 Å². The first-order valence-corrected chi connectivity index (χ1v) is 10.1. The maximum atomic E-state index is 12.9. The molecule has 0 aromatic heterocycles. The minimum absolute atomic E-state index is 0.0713. The number of hydrogen-bond acceptors (Lipinski definition) is 3. The smallest absolute Gasteiger partial charge is 0.227 e. The van der Waals surface area contributed by atoms with Crippen molar-refractivity contribution < 1.29 is 14.3 Å². The van der Waals surface area contributed by atoms with E-state index in [1.807, 2.05) is 29.2 Å². The molecule has 4 heteroatoms. The molecule has 0 unspecified atom stereocenters. The van der Waals surface area contributed by atoms with Crippen LogP contribution < -0.4 is 4.74 Å². The maximum absolute atomic E-state index is 12.9. The molecule has 0 radical (unpaired) electrons. The molecule has 0 bridgehead atoms. The Morgan fingerprint density at radius 3 is 2.62 bits per heavy atom. The molecular weight excluding hydrogens is 326 g/mol. The van der Waals surface area contributed by atoms with Gasteiger partial charge in [0, 0.05) is 24.9 Å². The molecule has 142 valence electrons. The first kappa shape index (κ1) is 18.9. The molecule has 0 spiro atoms. The van der Waals surface area contributed by atoms with E-state index in [0.29, 0.717) is 31.1 Å². The van der Waals surface area contributed by atoms with E-state index in [2.05, 4.69) is 13.8 Å². The third-order valence-corrected chi connectivity index (χ3v) is 5.55. The average molecular weight is 357 g/mol. The van der Waals surface area contributed by atoms with Gasteiger partial charge in [0.15, 0.2) is 0 Å². The largest absolute Gasteiger partial charge is 0.493 e. The Kier molecular flexibility index (Phi) is 6.33. The highest BCUT2D eigenvalue weighted by Gasteiger charge is 2.38. The molecule has 1 aromatic carbocycles. The first-order chi connectivity index (χ1) is 12.5. The number of benzene rings is 1. The topological polar surface area (TPSA) is 46.6 Å². The summed E-state index contributed by atoms with van der Waals surface area (Å²) in [5, 5.41) is 0. The molecule has 1 aliphatic carbocycles. The fourth-order valence-electron chi connectivity index (χ4n) is 4.18. The molecule has 3 rings (SSSR count). The number of hydrogen-bond donors (Lipinski definition) is 0. The van der Waals surface area contributed by atoms with Gasteiger partial charge in [-0.1, -0.05) is 32.4 Å². The lowest BCUT2D eigenvalue weighted by molar-refractivity contribution is -0.135. The third kappa shape index (κ3) is 4.66. The number of ether oxygens (including phenoxy) is 1. The minimum atomic E-state index is 0.0713. The van der Waals surface area contributed by atoms with Crippen LogP contribution >= 0.6 is 0 Å². The lowest BCUT2D eigenvalue weighted by Crippen LogP contribution is -2.44. The average Bonchev–Trinajstić information content (AvgIpc) is 3.11. The second kappa shape index (κ2) is 8.70. The minimum Gasteiger partial charge on any atom is -0.493 e. The number of ketones is 1. The van der Waals surface area contributed by atoms with Crippen molar-refractivity contribution in [1.82, 2.24) is 4.90 Å². The predicted octanol–water partition coefficient (Wildman–Crippen LogP) is 4.01. The zero-order valence-corrected chi connectivity index (χ0v) is 16.1.